The highest BCUT2D eigenvalue weighted by molar-refractivity contribution is 5.79. The zero-order valence-corrected chi connectivity index (χ0v) is 12.3. The summed E-state index contributed by atoms with van der Waals surface area (Å²) in [5.41, 5.74) is 0. The summed E-state index contributed by atoms with van der Waals surface area (Å²) >= 11 is 0. The van der Waals surface area contributed by atoms with Crippen molar-refractivity contribution in [3.05, 3.63) is 0 Å². The van der Waals surface area contributed by atoms with E-state index in [0.29, 0.717) is 24.9 Å². The van der Waals surface area contributed by atoms with E-state index in [1.165, 1.54) is 12.8 Å². The van der Waals surface area contributed by atoms with E-state index in [2.05, 4.69) is 11.9 Å². The molecule has 0 aromatic carbocycles. The molecule has 0 aromatic heterocycles. The summed E-state index contributed by atoms with van der Waals surface area (Å²) in [6.07, 6.45) is 2.80. The van der Waals surface area contributed by atoms with E-state index in [0.717, 1.165) is 19.6 Å². The lowest BCUT2D eigenvalue weighted by molar-refractivity contribution is -0.117. The van der Waals surface area contributed by atoms with Crippen molar-refractivity contribution in [3.63, 3.8) is 0 Å². The second-order valence-electron chi connectivity index (χ2n) is 6.00. The Morgan fingerprint density at radius 2 is 1.89 bits per heavy atom. The minimum atomic E-state index is 0.0881. The summed E-state index contributed by atoms with van der Waals surface area (Å²) in [6, 6.07) is 0.415. The molecular weight excluding hydrogens is 242 g/mol. The van der Waals surface area contributed by atoms with Crippen LogP contribution in [0, 0.1) is 5.92 Å². The molecule has 2 aliphatic heterocycles. The predicted octanol–water partition coefficient (Wildman–Crippen LogP) is 1.04. The molecule has 5 nitrogen and oxygen atoms in total. The van der Waals surface area contributed by atoms with Gasteiger partial charge in [0, 0.05) is 26.6 Å². The molecule has 0 aliphatic carbocycles. The zero-order chi connectivity index (χ0) is 14.0. The van der Waals surface area contributed by atoms with Gasteiger partial charge in [0.2, 0.25) is 0 Å². The Labute approximate surface area is 115 Å². The number of hydrogen-bond acceptors (Lipinski definition) is 3. The van der Waals surface area contributed by atoms with Gasteiger partial charge in [-0.15, -0.1) is 0 Å². The Morgan fingerprint density at radius 1 is 1.26 bits per heavy atom. The van der Waals surface area contributed by atoms with Gasteiger partial charge in [-0.05, 0) is 45.8 Å². The number of Topliss-reactive ketones (excluding diaryl/α,β-unsaturated/α-hetero) is 1. The second kappa shape index (κ2) is 5.90. The summed E-state index contributed by atoms with van der Waals surface area (Å²) in [5.74, 6) is 0.755. The predicted molar refractivity (Wildman–Crippen MR) is 74.0 cm³/mol. The number of ketones is 1. The smallest absolute Gasteiger partial charge is 0.320 e. The van der Waals surface area contributed by atoms with E-state index in [1.807, 2.05) is 16.8 Å². The molecule has 1 atom stereocenters. The van der Waals surface area contributed by atoms with Gasteiger partial charge >= 0.3 is 6.03 Å². The molecule has 2 aliphatic rings. The van der Waals surface area contributed by atoms with Crippen LogP contribution in [0.4, 0.5) is 4.79 Å². The Kier molecular flexibility index (Phi) is 4.45. The Balaban J connectivity index is 1.92. The first-order chi connectivity index (χ1) is 8.99. The third kappa shape index (κ3) is 3.26. The molecule has 2 saturated heterocycles. The molecule has 0 bridgehead atoms. The molecule has 108 valence electrons. The molecule has 0 saturated carbocycles. The molecule has 0 aromatic rings. The SMILES string of the molecule is CC(=O)CCN1CC(C2CCN(C)CC2)N(C)C1=O. The summed E-state index contributed by atoms with van der Waals surface area (Å²) < 4.78 is 0. The molecule has 0 spiro atoms. The number of rotatable bonds is 4. The van der Waals surface area contributed by atoms with Crippen molar-refractivity contribution in [1.82, 2.24) is 14.7 Å². The van der Waals surface area contributed by atoms with Crippen molar-refractivity contribution in [2.75, 3.05) is 40.3 Å². The van der Waals surface area contributed by atoms with Crippen LogP contribution in [0.1, 0.15) is 26.2 Å². The van der Waals surface area contributed by atoms with Gasteiger partial charge in [0.1, 0.15) is 5.78 Å². The maximum atomic E-state index is 12.2. The van der Waals surface area contributed by atoms with E-state index in [1.54, 1.807) is 6.92 Å². The molecule has 2 amide bonds. The monoisotopic (exact) mass is 267 g/mol. The van der Waals surface area contributed by atoms with Gasteiger partial charge in [-0.25, -0.2) is 4.79 Å². The largest absolute Gasteiger partial charge is 0.323 e. The third-order valence-corrected chi connectivity index (χ3v) is 4.52. The number of piperidine rings is 1. The van der Waals surface area contributed by atoms with Gasteiger partial charge in [-0.3, -0.25) is 4.79 Å². The summed E-state index contributed by atoms with van der Waals surface area (Å²) in [5, 5.41) is 0. The number of hydrogen-bond donors (Lipinski definition) is 0. The first-order valence-electron chi connectivity index (χ1n) is 7.18. The highest BCUT2D eigenvalue weighted by Crippen LogP contribution is 2.28. The van der Waals surface area contributed by atoms with Crippen LogP contribution in [0.2, 0.25) is 0 Å². The molecular formula is C14H25N3O2. The van der Waals surface area contributed by atoms with E-state index in [-0.39, 0.29) is 11.8 Å². The molecule has 1 unspecified atom stereocenters. The average Bonchev–Trinajstić information content (AvgIpc) is 2.65. The van der Waals surface area contributed by atoms with Gasteiger partial charge in [0.15, 0.2) is 0 Å². The van der Waals surface area contributed by atoms with Crippen LogP contribution in [0.5, 0.6) is 0 Å². The van der Waals surface area contributed by atoms with Gasteiger partial charge < -0.3 is 14.7 Å². The van der Waals surface area contributed by atoms with Gasteiger partial charge in [-0.2, -0.15) is 0 Å². The Morgan fingerprint density at radius 3 is 2.47 bits per heavy atom. The number of urea groups is 1. The normalized spacial score (nSPS) is 26.3. The van der Waals surface area contributed by atoms with E-state index >= 15 is 0 Å². The van der Waals surface area contributed by atoms with Gasteiger partial charge in [0.05, 0.1) is 6.04 Å². The van der Waals surface area contributed by atoms with Gasteiger partial charge in [0.25, 0.3) is 0 Å². The molecule has 0 N–H and O–H groups in total. The number of nitrogens with zero attached hydrogens (tertiary/aromatic N) is 3. The lowest BCUT2D eigenvalue weighted by atomic mass is 9.89. The third-order valence-electron chi connectivity index (χ3n) is 4.52. The van der Waals surface area contributed by atoms with Crippen LogP contribution >= 0.6 is 0 Å². The lowest BCUT2D eigenvalue weighted by Crippen LogP contribution is -2.42. The fraction of sp³-hybridized carbons (Fsp3) is 0.857. The number of carbonyl (C=O) groups is 2. The zero-order valence-electron chi connectivity index (χ0n) is 12.3. The molecule has 2 heterocycles. The molecule has 0 radical (unpaired) electrons. The molecule has 19 heavy (non-hydrogen) atoms. The van der Waals surface area contributed by atoms with Crippen LogP contribution in [0.15, 0.2) is 0 Å². The van der Waals surface area contributed by atoms with E-state index in [9.17, 15) is 9.59 Å². The fourth-order valence-electron chi connectivity index (χ4n) is 3.15. The van der Waals surface area contributed by atoms with Crippen molar-refractivity contribution in [1.29, 1.82) is 0 Å². The standard InChI is InChI=1S/C14H25N3O2/c1-11(18)4-9-17-10-13(16(3)14(17)19)12-5-7-15(2)8-6-12/h12-13H,4-10H2,1-3H3. The van der Waals surface area contributed by atoms with E-state index < -0.39 is 0 Å². The van der Waals surface area contributed by atoms with Gasteiger partial charge in [-0.1, -0.05) is 0 Å². The van der Waals surface area contributed by atoms with Crippen molar-refractivity contribution in [3.8, 4) is 0 Å². The quantitative estimate of drug-likeness (QED) is 0.764. The summed E-state index contributed by atoms with van der Waals surface area (Å²) in [6.45, 7) is 5.19. The van der Waals surface area contributed by atoms with E-state index in [4.69, 9.17) is 0 Å². The maximum Gasteiger partial charge on any atom is 0.320 e. The van der Waals surface area contributed by atoms with Crippen LogP contribution < -0.4 is 0 Å². The summed E-state index contributed by atoms with van der Waals surface area (Å²) in [4.78, 5) is 29.3. The van der Waals surface area contributed by atoms with Crippen molar-refractivity contribution < 1.29 is 9.59 Å². The maximum absolute atomic E-state index is 12.2. The van der Waals surface area contributed by atoms with Crippen molar-refractivity contribution in [2.24, 2.45) is 5.92 Å². The Bertz CT molecular complexity index is 351. The molecule has 5 heteroatoms. The van der Waals surface area contributed by atoms with Crippen LogP contribution in [0.25, 0.3) is 0 Å². The van der Waals surface area contributed by atoms with Crippen molar-refractivity contribution in [2.45, 2.75) is 32.2 Å². The number of likely N-dealkylation sites (tertiary alicyclic amines) is 1. The van der Waals surface area contributed by atoms with Crippen LogP contribution in [0.3, 0.4) is 0 Å². The molecule has 2 rings (SSSR count). The second-order valence-corrected chi connectivity index (χ2v) is 6.00. The molecule has 2 fully saturated rings. The first-order valence-corrected chi connectivity index (χ1v) is 7.18. The lowest BCUT2D eigenvalue weighted by Gasteiger charge is -2.34. The highest BCUT2D eigenvalue weighted by Gasteiger charge is 2.39. The number of carbonyl (C=O) groups excluding carboxylic acids is 2. The number of amides is 2. The average molecular weight is 267 g/mol. The highest BCUT2D eigenvalue weighted by atomic mass is 16.2. The fourth-order valence-corrected chi connectivity index (χ4v) is 3.15. The summed E-state index contributed by atoms with van der Waals surface area (Å²) in [7, 11) is 4.05. The minimum Gasteiger partial charge on any atom is -0.323 e. The Hall–Kier alpha value is -1.10. The van der Waals surface area contributed by atoms with Crippen molar-refractivity contribution >= 4 is 11.8 Å². The number of likely N-dealkylation sites (N-methyl/N-ethyl adjacent to an activating group) is 1. The first kappa shape index (κ1) is 14.3. The van der Waals surface area contributed by atoms with Crippen LogP contribution in [-0.4, -0.2) is 72.8 Å². The topological polar surface area (TPSA) is 43.9 Å². The minimum absolute atomic E-state index is 0.0881. The van der Waals surface area contributed by atoms with Crippen LogP contribution in [-0.2, 0) is 4.79 Å².